The molecule has 4 rings (SSSR count). The van der Waals surface area contributed by atoms with Crippen LogP contribution in [-0.4, -0.2) is 92.0 Å². The first kappa shape index (κ1) is 27.9. The van der Waals surface area contributed by atoms with Crippen molar-refractivity contribution in [3.05, 3.63) is 59.7 Å². The molecule has 2 aliphatic rings. The van der Waals surface area contributed by atoms with Gasteiger partial charge in [-0.25, -0.2) is 0 Å². The fraction of sp³-hybridized carbons (Fsp3) is 0.500. The minimum absolute atomic E-state index is 0.172. The van der Waals surface area contributed by atoms with E-state index < -0.39 is 24.2 Å². The van der Waals surface area contributed by atoms with Gasteiger partial charge in [-0.05, 0) is 76.3 Å². The summed E-state index contributed by atoms with van der Waals surface area (Å²) in [6.07, 6.45) is -2.51. The van der Waals surface area contributed by atoms with E-state index in [1.807, 2.05) is 6.92 Å². The van der Waals surface area contributed by atoms with Crippen molar-refractivity contribution >= 4 is 17.5 Å². The van der Waals surface area contributed by atoms with Gasteiger partial charge >= 0.3 is 6.18 Å². The average molecular weight is 533 g/mol. The second-order valence-electron chi connectivity index (χ2n) is 9.81. The molecule has 2 aromatic rings. The van der Waals surface area contributed by atoms with E-state index in [2.05, 4.69) is 16.8 Å². The van der Waals surface area contributed by atoms with Gasteiger partial charge in [0.05, 0.1) is 17.9 Å². The maximum Gasteiger partial charge on any atom is 0.418 e. The number of amides is 2. The van der Waals surface area contributed by atoms with Crippen LogP contribution in [0.25, 0.3) is 0 Å². The molecule has 0 radical (unpaired) electrons. The molecule has 0 aliphatic carbocycles. The molecule has 0 aromatic heterocycles. The number of piperazine rings is 1. The van der Waals surface area contributed by atoms with E-state index >= 15 is 0 Å². The molecule has 2 fully saturated rings. The maximum atomic E-state index is 13.9. The smallest absolute Gasteiger partial charge is 0.418 e. The fourth-order valence-corrected chi connectivity index (χ4v) is 5.16. The Morgan fingerprint density at radius 1 is 0.947 bits per heavy atom. The monoisotopic (exact) mass is 532 g/mol. The third kappa shape index (κ3) is 6.66. The molecule has 2 aliphatic heterocycles. The largest absolute Gasteiger partial charge is 0.494 e. The Balaban J connectivity index is 1.52. The second-order valence-corrected chi connectivity index (χ2v) is 9.81. The predicted molar refractivity (Wildman–Crippen MR) is 139 cm³/mol. The van der Waals surface area contributed by atoms with E-state index in [4.69, 9.17) is 4.74 Å². The predicted octanol–water partition coefficient (Wildman–Crippen LogP) is 3.99. The van der Waals surface area contributed by atoms with Crippen LogP contribution in [0, 0.1) is 0 Å². The number of carbonyl (C=O) groups is 2. The zero-order valence-corrected chi connectivity index (χ0v) is 21.9. The third-order valence-electron chi connectivity index (χ3n) is 7.32. The number of alkyl halides is 3. The second kappa shape index (κ2) is 12.2. The molecule has 0 N–H and O–H groups in total. The minimum atomic E-state index is -4.68. The Morgan fingerprint density at radius 3 is 2.18 bits per heavy atom. The van der Waals surface area contributed by atoms with Crippen molar-refractivity contribution < 1.29 is 27.5 Å². The summed E-state index contributed by atoms with van der Waals surface area (Å²) in [7, 11) is 2.12. The molecule has 2 amide bonds. The molecule has 0 saturated carbocycles. The van der Waals surface area contributed by atoms with Crippen molar-refractivity contribution in [2.75, 3.05) is 64.4 Å². The van der Waals surface area contributed by atoms with Crippen molar-refractivity contribution in [2.45, 2.75) is 32.0 Å². The van der Waals surface area contributed by atoms with Crippen LogP contribution in [0.1, 0.15) is 35.7 Å². The van der Waals surface area contributed by atoms with Gasteiger partial charge in [0.25, 0.3) is 5.91 Å². The molecular formula is C28H35F3N4O3. The van der Waals surface area contributed by atoms with Gasteiger partial charge in [0.2, 0.25) is 5.91 Å². The zero-order chi connectivity index (χ0) is 27.3. The van der Waals surface area contributed by atoms with Crippen molar-refractivity contribution in [2.24, 2.45) is 0 Å². The molecule has 0 bridgehead atoms. The topological polar surface area (TPSA) is 56.3 Å². The molecule has 2 heterocycles. The molecule has 10 heteroatoms. The van der Waals surface area contributed by atoms with E-state index in [1.54, 1.807) is 17.0 Å². The molecule has 2 saturated heterocycles. The summed E-state index contributed by atoms with van der Waals surface area (Å²) in [5.41, 5.74) is -1.12. The van der Waals surface area contributed by atoms with Gasteiger partial charge in [-0.2, -0.15) is 13.2 Å². The summed E-state index contributed by atoms with van der Waals surface area (Å²) in [5, 5.41) is 0. The van der Waals surface area contributed by atoms with Gasteiger partial charge < -0.3 is 14.5 Å². The van der Waals surface area contributed by atoms with Crippen LogP contribution in [0.2, 0.25) is 0 Å². The summed E-state index contributed by atoms with van der Waals surface area (Å²) in [6, 6.07) is 11.6. The summed E-state index contributed by atoms with van der Waals surface area (Å²) >= 11 is 0. The minimum Gasteiger partial charge on any atom is -0.494 e. The Hall–Kier alpha value is -3.11. The zero-order valence-electron chi connectivity index (χ0n) is 21.9. The number of likely N-dealkylation sites (tertiary alicyclic amines) is 1. The molecule has 2 aromatic carbocycles. The lowest BCUT2D eigenvalue weighted by Gasteiger charge is -2.42. The highest BCUT2D eigenvalue weighted by Crippen LogP contribution is 2.37. The average Bonchev–Trinajstić information content (AvgIpc) is 2.92. The van der Waals surface area contributed by atoms with Crippen molar-refractivity contribution in [3.8, 4) is 5.75 Å². The van der Waals surface area contributed by atoms with E-state index in [0.717, 1.165) is 36.9 Å². The Labute approximate surface area is 221 Å². The van der Waals surface area contributed by atoms with Crippen LogP contribution >= 0.6 is 0 Å². The number of anilines is 1. The summed E-state index contributed by atoms with van der Waals surface area (Å²) in [6.45, 7) is 6.28. The molecule has 7 nitrogen and oxygen atoms in total. The number of piperidine rings is 1. The Kier molecular flexibility index (Phi) is 8.94. The normalized spacial score (nSPS) is 17.9. The lowest BCUT2D eigenvalue weighted by molar-refractivity contribution is -0.137. The molecule has 38 heavy (non-hydrogen) atoms. The maximum absolute atomic E-state index is 13.9. The highest BCUT2D eigenvalue weighted by Gasteiger charge is 2.37. The molecule has 0 unspecified atom stereocenters. The lowest BCUT2D eigenvalue weighted by atomic mass is 10.0. The van der Waals surface area contributed by atoms with Gasteiger partial charge in [0, 0.05) is 37.8 Å². The number of carbonyl (C=O) groups excluding carboxylic acids is 2. The Morgan fingerprint density at radius 2 is 1.58 bits per heavy atom. The van der Waals surface area contributed by atoms with Crippen LogP contribution in [0.5, 0.6) is 5.75 Å². The number of hydrogen-bond donors (Lipinski definition) is 0. The summed E-state index contributed by atoms with van der Waals surface area (Å²) in [5.74, 6) is -0.503. The molecular weight excluding hydrogens is 497 g/mol. The lowest BCUT2D eigenvalue weighted by Crippen LogP contribution is -2.55. The van der Waals surface area contributed by atoms with Gasteiger partial charge in [-0.1, -0.05) is 12.1 Å². The first-order valence-corrected chi connectivity index (χ1v) is 13.1. The molecule has 0 spiro atoms. The van der Waals surface area contributed by atoms with Crippen molar-refractivity contribution in [3.63, 3.8) is 0 Å². The third-order valence-corrected chi connectivity index (χ3v) is 7.32. The quantitative estimate of drug-likeness (QED) is 0.540. The van der Waals surface area contributed by atoms with E-state index in [9.17, 15) is 22.8 Å². The van der Waals surface area contributed by atoms with Crippen LogP contribution in [-0.2, 0) is 11.0 Å². The summed E-state index contributed by atoms with van der Waals surface area (Å²) in [4.78, 5) is 34.2. The van der Waals surface area contributed by atoms with Crippen LogP contribution in [0.15, 0.2) is 48.5 Å². The number of ether oxygens (including phenoxy) is 1. The first-order valence-electron chi connectivity index (χ1n) is 13.1. The number of para-hydroxylation sites is 1. The Bertz CT molecular complexity index is 1090. The molecule has 0 atom stereocenters. The van der Waals surface area contributed by atoms with Gasteiger partial charge in [0.15, 0.2) is 0 Å². The number of nitrogens with zero attached hydrogens (tertiary/aromatic N) is 4. The van der Waals surface area contributed by atoms with Crippen molar-refractivity contribution in [1.82, 2.24) is 14.7 Å². The first-order chi connectivity index (χ1) is 18.2. The number of halogens is 3. The number of hydrogen-bond acceptors (Lipinski definition) is 5. The van der Waals surface area contributed by atoms with Crippen molar-refractivity contribution in [1.29, 1.82) is 0 Å². The highest BCUT2D eigenvalue weighted by molar-refractivity contribution is 6.09. The standard InChI is InChI=1S/C28H35F3N4O3/c1-3-38-23-10-8-21(9-11-23)27(37)35(25-7-5-4-6-24(25)28(29,30)31)20-26(36)34-18-16-33(17-19-34)22-12-14-32(2)15-13-22/h4-11,22H,3,12-20H2,1-2H3. The van der Waals surface area contributed by atoms with E-state index in [0.29, 0.717) is 44.6 Å². The summed E-state index contributed by atoms with van der Waals surface area (Å²) < 4.78 is 47.1. The van der Waals surface area contributed by atoms with E-state index in [-0.39, 0.29) is 17.2 Å². The van der Waals surface area contributed by atoms with Gasteiger partial charge in [0.1, 0.15) is 12.3 Å². The van der Waals surface area contributed by atoms with Crippen LogP contribution in [0.3, 0.4) is 0 Å². The number of rotatable bonds is 7. The van der Waals surface area contributed by atoms with Gasteiger partial charge in [-0.3, -0.25) is 19.4 Å². The fourth-order valence-electron chi connectivity index (χ4n) is 5.16. The van der Waals surface area contributed by atoms with E-state index in [1.165, 1.54) is 30.3 Å². The molecule has 206 valence electrons. The highest BCUT2D eigenvalue weighted by atomic mass is 19.4. The SMILES string of the molecule is CCOc1ccc(C(=O)N(CC(=O)N2CCN(C3CCN(C)CC3)CC2)c2ccccc2C(F)(F)F)cc1. The van der Waals surface area contributed by atoms with Gasteiger partial charge in [-0.15, -0.1) is 0 Å². The van der Waals surface area contributed by atoms with Crippen LogP contribution in [0.4, 0.5) is 18.9 Å². The number of benzene rings is 2. The van der Waals surface area contributed by atoms with Crippen LogP contribution < -0.4 is 9.64 Å².